The fourth-order valence-corrected chi connectivity index (χ4v) is 3.27. The summed E-state index contributed by atoms with van der Waals surface area (Å²) in [5.41, 5.74) is 2.48. The summed E-state index contributed by atoms with van der Waals surface area (Å²) in [5.74, 6) is 0.324. The van der Waals surface area contributed by atoms with E-state index in [2.05, 4.69) is 10.3 Å². The number of nitrogens with zero attached hydrogens (tertiary/aromatic N) is 2. The highest BCUT2D eigenvalue weighted by Gasteiger charge is 2.18. The Kier molecular flexibility index (Phi) is 5.08. The van der Waals surface area contributed by atoms with E-state index in [9.17, 15) is 9.59 Å². The molecule has 126 valence electrons. The summed E-state index contributed by atoms with van der Waals surface area (Å²) < 4.78 is 1.55. The molecular weight excluding hydrogens is 302 g/mol. The number of nitrogens with one attached hydrogen (secondary N) is 1. The van der Waals surface area contributed by atoms with Gasteiger partial charge in [-0.05, 0) is 31.4 Å². The van der Waals surface area contributed by atoms with E-state index in [1.54, 1.807) is 23.0 Å². The van der Waals surface area contributed by atoms with Crippen LogP contribution < -0.4 is 10.9 Å². The van der Waals surface area contributed by atoms with Crippen molar-refractivity contribution in [1.29, 1.82) is 0 Å². The summed E-state index contributed by atoms with van der Waals surface area (Å²) in [6.07, 6.45) is 6.31. The Labute approximate surface area is 141 Å². The predicted octanol–water partition coefficient (Wildman–Crippen LogP) is 2.64. The summed E-state index contributed by atoms with van der Waals surface area (Å²) in [4.78, 5) is 28.8. The van der Waals surface area contributed by atoms with Gasteiger partial charge in [-0.25, -0.2) is 4.98 Å². The van der Waals surface area contributed by atoms with E-state index in [0.717, 1.165) is 24.1 Å². The molecule has 0 spiro atoms. The minimum Gasteiger partial charge on any atom is -0.350 e. The number of aryl methyl sites for hydroxylation is 1. The molecule has 1 amide bonds. The topological polar surface area (TPSA) is 64.0 Å². The molecule has 0 unspecified atom stereocenters. The normalized spacial score (nSPS) is 14.7. The van der Waals surface area contributed by atoms with E-state index >= 15 is 0 Å². The van der Waals surface area contributed by atoms with Gasteiger partial charge in [0.05, 0.1) is 12.0 Å². The molecule has 0 aliphatic heterocycles. The van der Waals surface area contributed by atoms with E-state index in [0.29, 0.717) is 24.6 Å². The maximum absolute atomic E-state index is 12.2. The molecule has 3 rings (SSSR count). The average molecular weight is 325 g/mol. The molecule has 24 heavy (non-hydrogen) atoms. The van der Waals surface area contributed by atoms with Crippen LogP contribution in [0.15, 0.2) is 41.5 Å². The molecule has 5 nitrogen and oxygen atoms in total. The smallest absolute Gasteiger partial charge is 0.253 e. The van der Waals surface area contributed by atoms with Crippen molar-refractivity contribution in [1.82, 2.24) is 14.9 Å². The van der Waals surface area contributed by atoms with Crippen LogP contribution in [-0.4, -0.2) is 22.0 Å². The zero-order valence-electron chi connectivity index (χ0n) is 14.0. The number of carbonyl (C=O) groups excluding carboxylic acids is 1. The van der Waals surface area contributed by atoms with Gasteiger partial charge in [-0.15, -0.1) is 0 Å². The summed E-state index contributed by atoms with van der Waals surface area (Å²) in [6.45, 7) is 2.73. The lowest BCUT2D eigenvalue weighted by Gasteiger charge is -2.11. The second-order valence-electron chi connectivity index (χ2n) is 6.40. The summed E-state index contributed by atoms with van der Waals surface area (Å²) in [6, 6.07) is 9.11. The first-order valence-corrected chi connectivity index (χ1v) is 8.55. The van der Waals surface area contributed by atoms with Crippen LogP contribution in [0.25, 0.3) is 0 Å². The fraction of sp³-hybridized carbons (Fsp3) is 0.421. The molecule has 0 atom stereocenters. The Hall–Kier alpha value is -2.43. The highest BCUT2D eigenvalue weighted by Crippen LogP contribution is 2.32. The van der Waals surface area contributed by atoms with Crippen molar-refractivity contribution < 1.29 is 4.79 Å². The van der Waals surface area contributed by atoms with Gasteiger partial charge in [0.1, 0.15) is 0 Å². The van der Waals surface area contributed by atoms with Crippen LogP contribution in [0, 0.1) is 6.92 Å². The van der Waals surface area contributed by atoms with E-state index < -0.39 is 0 Å². The van der Waals surface area contributed by atoms with Crippen LogP contribution in [0.2, 0.25) is 0 Å². The summed E-state index contributed by atoms with van der Waals surface area (Å²) in [7, 11) is 0. The molecule has 0 radical (unpaired) electrons. The Bertz CT molecular complexity index is 776. The van der Waals surface area contributed by atoms with Crippen LogP contribution in [0.1, 0.15) is 53.2 Å². The van der Waals surface area contributed by atoms with Gasteiger partial charge in [0, 0.05) is 30.6 Å². The first kappa shape index (κ1) is 16.4. The number of hydrogen-bond donors (Lipinski definition) is 1. The molecule has 0 saturated heterocycles. The number of carbonyl (C=O) groups is 1. The Morgan fingerprint density at radius 3 is 2.75 bits per heavy atom. The molecule has 1 N–H and O–H groups in total. The molecule has 1 aliphatic rings. The molecule has 1 heterocycles. The van der Waals surface area contributed by atoms with Gasteiger partial charge in [0.2, 0.25) is 0 Å². The average Bonchev–Trinajstić information content (AvgIpc) is 3.11. The zero-order valence-corrected chi connectivity index (χ0v) is 14.0. The fourth-order valence-electron chi connectivity index (χ4n) is 3.27. The van der Waals surface area contributed by atoms with Gasteiger partial charge in [0.25, 0.3) is 11.5 Å². The SMILES string of the molecule is Cc1ccccc1C(=O)NCCn1cnc(C2CCCC2)cc1=O. The molecule has 1 aliphatic carbocycles. The van der Waals surface area contributed by atoms with E-state index in [1.165, 1.54) is 12.8 Å². The number of rotatable bonds is 5. The minimum absolute atomic E-state index is 0.0444. The first-order chi connectivity index (χ1) is 11.6. The Morgan fingerprint density at radius 2 is 2.04 bits per heavy atom. The Balaban J connectivity index is 1.58. The number of aromatic nitrogens is 2. The number of benzene rings is 1. The second kappa shape index (κ2) is 7.43. The number of hydrogen-bond acceptors (Lipinski definition) is 3. The van der Waals surface area contributed by atoms with Gasteiger partial charge < -0.3 is 5.32 Å². The molecule has 0 bridgehead atoms. The van der Waals surface area contributed by atoms with Crippen molar-refractivity contribution in [2.24, 2.45) is 0 Å². The van der Waals surface area contributed by atoms with Crippen LogP contribution in [0.3, 0.4) is 0 Å². The molecular formula is C19H23N3O2. The van der Waals surface area contributed by atoms with Crippen molar-refractivity contribution in [3.05, 3.63) is 63.8 Å². The third kappa shape index (κ3) is 3.72. The molecule has 2 aromatic rings. The van der Waals surface area contributed by atoms with Crippen LogP contribution >= 0.6 is 0 Å². The molecule has 1 saturated carbocycles. The van der Waals surface area contributed by atoms with E-state index in [4.69, 9.17) is 0 Å². The van der Waals surface area contributed by atoms with Crippen molar-refractivity contribution in [2.75, 3.05) is 6.54 Å². The lowest BCUT2D eigenvalue weighted by Crippen LogP contribution is -2.31. The lowest BCUT2D eigenvalue weighted by molar-refractivity contribution is 0.0951. The van der Waals surface area contributed by atoms with Crippen LogP contribution in [0.4, 0.5) is 0 Å². The van der Waals surface area contributed by atoms with Crippen molar-refractivity contribution in [3.63, 3.8) is 0 Å². The molecule has 1 fully saturated rings. The lowest BCUT2D eigenvalue weighted by atomic mass is 10.0. The van der Waals surface area contributed by atoms with E-state index in [-0.39, 0.29) is 11.5 Å². The number of amides is 1. The highest BCUT2D eigenvalue weighted by molar-refractivity contribution is 5.95. The first-order valence-electron chi connectivity index (χ1n) is 8.55. The monoisotopic (exact) mass is 325 g/mol. The molecule has 1 aromatic carbocycles. The van der Waals surface area contributed by atoms with Crippen LogP contribution in [-0.2, 0) is 6.54 Å². The van der Waals surface area contributed by atoms with Gasteiger partial charge in [-0.2, -0.15) is 0 Å². The largest absolute Gasteiger partial charge is 0.350 e. The Morgan fingerprint density at radius 1 is 1.29 bits per heavy atom. The summed E-state index contributed by atoms with van der Waals surface area (Å²) >= 11 is 0. The highest BCUT2D eigenvalue weighted by atomic mass is 16.1. The van der Waals surface area contributed by atoms with Gasteiger partial charge in [-0.1, -0.05) is 31.0 Å². The van der Waals surface area contributed by atoms with Crippen molar-refractivity contribution >= 4 is 5.91 Å². The third-order valence-corrected chi connectivity index (χ3v) is 4.70. The zero-order chi connectivity index (χ0) is 16.9. The van der Waals surface area contributed by atoms with Gasteiger partial charge in [-0.3, -0.25) is 14.2 Å². The maximum Gasteiger partial charge on any atom is 0.253 e. The quantitative estimate of drug-likeness (QED) is 0.919. The van der Waals surface area contributed by atoms with Gasteiger partial charge >= 0.3 is 0 Å². The summed E-state index contributed by atoms with van der Waals surface area (Å²) in [5, 5.41) is 2.86. The van der Waals surface area contributed by atoms with Gasteiger partial charge in [0.15, 0.2) is 0 Å². The second-order valence-corrected chi connectivity index (χ2v) is 6.40. The van der Waals surface area contributed by atoms with E-state index in [1.807, 2.05) is 25.1 Å². The maximum atomic E-state index is 12.2. The predicted molar refractivity (Wildman–Crippen MR) is 93.2 cm³/mol. The molecule has 1 aromatic heterocycles. The van der Waals surface area contributed by atoms with Crippen molar-refractivity contribution in [3.8, 4) is 0 Å². The van der Waals surface area contributed by atoms with Crippen molar-refractivity contribution in [2.45, 2.75) is 45.1 Å². The minimum atomic E-state index is -0.114. The molecule has 5 heteroatoms. The standard InChI is InChI=1S/C19H23N3O2/c1-14-6-2-5-9-16(14)19(24)20-10-11-22-13-21-17(12-18(22)23)15-7-3-4-8-15/h2,5-6,9,12-13,15H,3-4,7-8,10-11H2,1H3,(H,20,24). The third-order valence-electron chi connectivity index (χ3n) is 4.70. The van der Waals surface area contributed by atoms with Crippen LogP contribution in [0.5, 0.6) is 0 Å².